The molecule has 0 atom stereocenters. The quantitative estimate of drug-likeness (QED) is 0.733. The molecule has 1 amide bonds. The summed E-state index contributed by atoms with van der Waals surface area (Å²) in [7, 11) is 3.75. The summed E-state index contributed by atoms with van der Waals surface area (Å²) in [4.78, 5) is 12.2. The molecular formula is C20H26N6O2. The van der Waals surface area contributed by atoms with Crippen LogP contribution in [0.4, 0.5) is 0 Å². The van der Waals surface area contributed by atoms with Crippen molar-refractivity contribution in [2.75, 3.05) is 6.54 Å². The van der Waals surface area contributed by atoms with E-state index in [2.05, 4.69) is 15.6 Å². The first-order valence-corrected chi connectivity index (χ1v) is 9.74. The molecule has 1 aliphatic rings. The number of hydrogen-bond donors (Lipinski definition) is 1. The zero-order valence-electron chi connectivity index (χ0n) is 16.6. The second-order valence-electron chi connectivity index (χ2n) is 7.74. The Labute approximate surface area is 163 Å². The van der Waals surface area contributed by atoms with Crippen LogP contribution in [0.25, 0.3) is 11.3 Å². The SMILES string of the molecule is Cc1cc(-c2cn(C)nc2C2CCC(CNC(=O)c3ccn(C)n3)CC2)on1. The summed E-state index contributed by atoms with van der Waals surface area (Å²) in [6.07, 6.45) is 8.04. The molecule has 28 heavy (non-hydrogen) atoms. The molecule has 0 saturated heterocycles. The molecule has 1 N–H and O–H groups in total. The Morgan fingerprint density at radius 2 is 2.00 bits per heavy atom. The average molecular weight is 382 g/mol. The second-order valence-corrected chi connectivity index (χ2v) is 7.74. The van der Waals surface area contributed by atoms with Crippen LogP contribution in [0.1, 0.15) is 53.5 Å². The van der Waals surface area contributed by atoms with E-state index in [0.717, 1.165) is 48.4 Å². The number of carbonyl (C=O) groups excluding carboxylic acids is 1. The van der Waals surface area contributed by atoms with Crippen molar-refractivity contribution in [3.05, 3.63) is 41.6 Å². The van der Waals surface area contributed by atoms with Crippen molar-refractivity contribution >= 4 is 5.91 Å². The Bertz CT molecular complexity index is 961. The number of aromatic nitrogens is 5. The van der Waals surface area contributed by atoms with E-state index in [1.807, 2.05) is 38.0 Å². The minimum atomic E-state index is -0.101. The van der Waals surface area contributed by atoms with Gasteiger partial charge in [-0.25, -0.2) is 0 Å². The van der Waals surface area contributed by atoms with Gasteiger partial charge in [0, 0.05) is 45.0 Å². The van der Waals surface area contributed by atoms with Crippen LogP contribution in [0, 0.1) is 12.8 Å². The smallest absolute Gasteiger partial charge is 0.271 e. The second kappa shape index (κ2) is 7.61. The van der Waals surface area contributed by atoms with E-state index in [9.17, 15) is 4.79 Å². The van der Waals surface area contributed by atoms with E-state index in [4.69, 9.17) is 9.62 Å². The molecule has 8 nitrogen and oxygen atoms in total. The van der Waals surface area contributed by atoms with Crippen LogP contribution in [0.5, 0.6) is 0 Å². The minimum Gasteiger partial charge on any atom is -0.356 e. The van der Waals surface area contributed by atoms with Gasteiger partial charge in [0.15, 0.2) is 5.76 Å². The predicted octanol–water partition coefficient (Wildman–Crippen LogP) is 2.82. The number of carbonyl (C=O) groups is 1. The lowest BCUT2D eigenvalue weighted by atomic mass is 9.79. The van der Waals surface area contributed by atoms with Crippen LogP contribution in [0.3, 0.4) is 0 Å². The van der Waals surface area contributed by atoms with Crippen LogP contribution < -0.4 is 5.32 Å². The van der Waals surface area contributed by atoms with Crippen molar-refractivity contribution in [2.24, 2.45) is 20.0 Å². The maximum Gasteiger partial charge on any atom is 0.271 e. The highest BCUT2D eigenvalue weighted by Crippen LogP contribution is 2.39. The number of rotatable bonds is 5. The van der Waals surface area contributed by atoms with Gasteiger partial charge >= 0.3 is 0 Å². The van der Waals surface area contributed by atoms with Gasteiger partial charge in [0.2, 0.25) is 0 Å². The zero-order chi connectivity index (χ0) is 19.7. The Morgan fingerprint density at radius 3 is 2.64 bits per heavy atom. The topological polar surface area (TPSA) is 90.8 Å². The van der Waals surface area contributed by atoms with Crippen molar-refractivity contribution in [3.8, 4) is 11.3 Å². The van der Waals surface area contributed by atoms with Crippen LogP contribution in [-0.2, 0) is 14.1 Å². The van der Waals surface area contributed by atoms with Gasteiger partial charge in [0.25, 0.3) is 5.91 Å². The molecule has 1 fully saturated rings. The fourth-order valence-electron chi connectivity index (χ4n) is 3.99. The summed E-state index contributed by atoms with van der Waals surface area (Å²) < 4.78 is 8.95. The van der Waals surface area contributed by atoms with Gasteiger partial charge in [-0.05, 0) is 44.6 Å². The lowest BCUT2D eigenvalue weighted by Gasteiger charge is -2.28. The Kier molecular flexibility index (Phi) is 5.02. The average Bonchev–Trinajstić information content (AvgIpc) is 3.40. The molecule has 0 bridgehead atoms. The number of hydrogen-bond acceptors (Lipinski definition) is 5. The first kappa shape index (κ1) is 18.5. The molecule has 0 radical (unpaired) electrons. The van der Waals surface area contributed by atoms with Crippen LogP contribution in [0.2, 0.25) is 0 Å². The van der Waals surface area contributed by atoms with E-state index < -0.39 is 0 Å². The van der Waals surface area contributed by atoms with E-state index in [1.165, 1.54) is 0 Å². The Morgan fingerprint density at radius 1 is 1.21 bits per heavy atom. The monoisotopic (exact) mass is 382 g/mol. The Balaban J connectivity index is 1.35. The third-order valence-electron chi connectivity index (χ3n) is 5.48. The highest BCUT2D eigenvalue weighted by molar-refractivity contribution is 5.92. The molecule has 0 spiro atoms. The van der Waals surface area contributed by atoms with Crippen molar-refractivity contribution < 1.29 is 9.32 Å². The van der Waals surface area contributed by atoms with E-state index in [-0.39, 0.29) is 5.91 Å². The molecule has 1 aliphatic carbocycles. The fourth-order valence-corrected chi connectivity index (χ4v) is 3.99. The van der Waals surface area contributed by atoms with Crippen molar-refractivity contribution in [1.82, 2.24) is 30.0 Å². The number of aryl methyl sites for hydroxylation is 3. The number of amides is 1. The lowest BCUT2D eigenvalue weighted by Crippen LogP contribution is -2.31. The summed E-state index contributed by atoms with van der Waals surface area (Å²) in [5.41, 5.74) is 3.47. The molecule has 0 unspecified atom stereocenters. The molecule has 3 heterocycles. The summed E-state index contributed by atoms with van der Waals surface area (Å²) in [6, 6.07) is 3.69. The lowest BCUT2D eigenvalue weighted by molar-refractivity contribution is 0.0937. The number of nitrogens with zero attached hydrogens (tertiary/aromatic N) is 5. The summed E-state index contributed by atoms with van der Waals surface area (Å²) in [5.74, 6) is 1.58. The zero-order valence-corrected chi connectivity index (χ0v) is 16.6. The van der Waals surface area contributed by atoms with Crippen molar-refractivity contribution in [3.63, 3.8) is 0 Å². The summed E-state index contributed by atoms with van der Waals surface area (Å²) in [5, 5.41) is 15.9. The van der Waals surface area contributed by atoms with Gasteiger partial charge in [-0.2, -0.15) is 10.2 Å². The van der Waals surface area contributed by atoms with Gasteiger partial charge in [-0.3, -0.25) is 14.2 Å². The molecule has 148 valence electrons. The van der Waals surface area contributed by atoms with Gasteiger partial charge in [0.05, 0.1) is 17.0 Å². The van der Waals surface area contributed by atoms with Gasteiger partial charge in [-0.15, -0.1) is 0 Å². The third-order valence-corrected chi connectivity index (χ3v) is 5.48. The molecule has 3 aromatic rings. The van der Waals surface area contributed by atoms with E-state index in [1.54, 1.807) is 16.9 Å². The molecule has 3 aromatic heterocycles. The van der Waals surface area contributed by atoms with E-state index in [0.29, 0.717) is 24.1 Å². The Hall–Kier alpha value is -2.90. The van der Waals surface area contributed by atoms with Gasteiger partial charge in [-0.1, -0.05) is 5.16 Å². The fraction of sp³-hybridized carbons (Fsp3) is 0.500. The maximum absolute atomic E-state index is 12.2. The molecule has 8 heteroatoms. The molecule has 1 saturated carbocycles. The summed E-state index contributed by atoms with van der Waals surface area (Å²) >= 11 is 0. The van der Waals surface area contributed by atoms with Crippen molar-refractivity contribution in [1.29, 1.82) is 0 Å². The maximum atomic E-state index is 12.2. The predicted molar refractivity (Wildman–Crippen MR) is 104 cm³/mol. The number of nitrogens with one attached hydrogen (secondary N) is 1. The van der Waals surface area contributed by atoms with Crippen LogP contribution in [0.15, 0.2) is 29.0 Å². The van der Waals surface area contributed by atoms with E-state index >= 15 is 0 Å². The minimum absolute atomic E-state index is 0.101. The molecular weight excluding hydrogens is 356 g/mol. The normalized spacial score (nSPS) is 19.7. The van der Waals surface area contributed by atoms with Gasteiger partial charge in [0.1, 0.15) is 5.69 Å². The van der Waals surface area contributed by atoms with Crippen LogP contribution >= 0.6 is 0 Å². The highest BCUT2D eigenvalue weighted by atomic mass is 16.5. The standard InChI is InChI=1S/C20H26N6O2/c1-13-10-18(28-24-13)16-12-26(3)23-19(16)15-6-4-14(5-7-15)11-21-20(27)17-8-9-25(2)22-17/h8-10,12,14-15H,4-7,11H2,1-3H3,(H,21,27). The summed E-state index contributed by atoms with van der Waals surface area (Å²) in [6.45, 7) is 2.62. The molecule has 4 rings (SSSR count). The molecule has 0 aliphatic heterocycles. The first-order valence-electron chi connectivity index (χ1n) is 9.74. The largest absolute Gasteiger partial charge is 0.356 e. The van der Waals surface area contributed by atoms with Crippen LogP contribution in [-0.4, -0.2) is 37.2 Å². The van der Waals surface area contributed by atoms with Crippen molar-refractivity contribution in [2.45, 2.75) is 38.5 Å². The molecule has 0 aromatic carbocycles. The highest BCUT2D eigenvalue weighted by Gasteiger charge is 2.28. The third kappa shape index (κ3) is 3.85. The first-order chi connectivity index (χ1) is 13.5. The van der Waals surface area contributed by atoms with Gasteiger partial charge < -0.3 is 9.84 Å².